The Morgan fingerprint density at radius 2 is 1.46 bits per heavy atom. The quantitative estimate of drug-likeness (QED) is 0.0158. The fourth-order valence-electron chi connectivity index (χ4n) is 9.04. The van der Waals surface area contributed by atoms with Gasteiger partial charge in [0.05, 0.1) is 36.2 Å². The molecule has 2 unspecified atom stereocenters. The Hall–Kier alpha value is -8.12. The van der Waals surface area contributed by atoms with Gasteiger partial charge < -0.3 is 66.6 Å². The van der Waals surface area contributed by atoms with Gasteiger partial charge in [-0.05, 0) is 104 Å². The van der Waals surface area contributed by atoms with Crippen molar-refractivity contribution in [2.75, 3.05) is 51.8 Å². The number of anilines is 1. The highest BCUT2D eigenvalue weighted by Crippen LogP contribution is 2.31. The first kappa shape index (κ1) is 67.7. The molecule has 0 saturated heterocycles. The van der Waals surface area contributed by atoms with Crippen molar-refractivity contribution in [2.24, 2.45) is 17.6 Å². The zero-order valence-corrected chi connectivity index (χ0v) is 50.1. The number of halogens is 1. The van der Waals surface area contributed by atoms with E-state index in [4.69, 9.17) is 41.3 Å². The summed E-state index contributed by atoms with van der Waals surface area (Å²) >= 11 is 6.42. The minimum Gasteiger partial charge on any atom is -0.445 e. The number of alkyl carbamates (subject to hydrolysis) is 2. The molecule has 0 radical (unpaired) electrons. The van der Waals surface area contributed by atoms with Crippen molar-refractivity contribution in [3.05, 3.63) is 141 Å². The summed E-state index contributed by atoms with van der Waals surface area (Å²) in [5, 5.41) is 26.1. The van der Waals surface area contributed by atoms with Crippen LogP contribution in [0.3, 0.4) is 0 Å². The van der Waals surface area contributed by atoms with E-state index in [0.29, 0.717) is 57.8 Å². The van der Waals surface area contributed by atoms with Crippen LogP contribution in [0, 0.1) is 18.8 Å². The van der Waals surface area contributed by atoms with Crippen molar-refractivity contribution < 1.29 is 57.6 Å². The molecule has 0 aliphatic carbocycles. The Kier molecular flexibility index (Phi) is 27.5. The smallest absolute Gasteiger partial charge is 0.407 e. The molecular weight excluding hydrogens is 1120 g/mol. The van der Waals surface area contributed by atoms with Crippen LogP contribution in [0.2, 0.25) is 5.02 Å². The SMILES string of the molecule is CCC(CO)OC(COC(=O)NCCC(=O)N[C@@H](C(=O)N[C@H](CCCNC(N)=O)C(=O)Nc1ccc(COC(=O)NCCCCN(C(=O)c2ccc(C)cc2)[C@@H](c2nc3cc(Cl)ccc3c(=O)n2Cc2ccccc2)C(C)C)cc1)C(C)C)OC. The number of aliphatic hydroxyl groups excluding tert-OH is 1. The van der Waals surface area contributed by atoms with Gasteiger partial charge in [0.2, 0.25) is 17.7 Å². The average Bonchev–Trinajstić information content (AvgIpc) is 2.48. The second kappa shape index (κ2) is 34.6. The number of fused-ring (bicyclic) bond motifs is 1. The molecule has 0 saturated carbocycles. The maximum Gasteiger partial charge on any atom is 0.407 e. The third-order valence-electron chi connectivity index (χ3n) is 13.7. The molecule has 8 amide bonds. The van der Waals surface area contributed by atoms with Gasteiger partial charge in [0.15, 0.2) is 6.29 Å². The van der Waals surface area contributed by atoms with E-state index in [1.807, 2.05) is 70.2 Å². The predicted octanol–water partition coefficient (Wildman–Crippen LogP) is 6.84. The number of aryl methyl sites for hydroxylation is 1. The van der Waals surface area contributed by atoms with Gasteiger partial charge in [-0.15, -0.1) is 0 Å². The molecule has 85 heavy (non-hydrogen) atoms. The van der Waals surface area contributed by atoms with E-state index in [9.17, 15) is 43.5 Å². The zero-order chi connectivity index (χ0) is 62.0. The first-order valence-corrected chi connectivity index (χ1v) is 28.8. The molecule has 0 aliphatic rings. The highest BCUT2D eigenvalue weighted by atomic mass is 35.5. The number of carbonyl (C=O) groups excluding carboxylic acids is 7. The average molecular weight is 1200 g/mol. The van der Waals surface area contributed by atoms with Gasteiger partial charge in [-0.3, -0.25) is 28.5 Å². The minimum absolute atomic E-state index is 0.0807. The van der Waals surface area contributed by atoms with E-state index in [0.717, 1.165) is 11.1 Å². The van der Waals surface area contributed by atoms with Crippen LogP contribution < -0.4 is 43.2 Å². The molecule has 0 aliphatic heterocycles. The standard InChI is InChI=1S/C61H81ClN10O13/c1-8-46(35-73)85-51(82-7)37-84-61(81)66-31-28-50(74)70-52(38(2)3)56(76)69-48(17-14-30-64-59(63)79)55(75)67-45-25-20-42(21-26-45)36-83-60(80)65-29-12-13-32-71(57(77)43-22-18-40(6)19-23-43)53(39(4)5)54-68-49-33-44(62)24-27-47(49)58(78)72(54)34-41-15-10-9-11-16-41/h9-11,15-16,18-27,33,38-39,46,48,51-53,73H,8,12-14,17,28-32,34-37H2,1-7H3,(H,65,80)(H,66,81)(H,67,75)(H,69,76)(H,70,74)(H3,63,64,79)/t46?,48-,51?,52-,53-/m1/s1. The topological polar surface area (TPSA) is 313 Å². The molecule has 24 heteroatoms. The van der Waals surface area contributed by atoms with Crippen LogP contribution >= 0.6 is 11.6 Å². The molecule has 9 N–H and O–H groups in total. The number of primary amides is 1. The van der Waals surface area contributed by atoms with E-state index in [1.54, 1.807) is 77.9 Å². The molecule has 0 spiro atoms. The number of hydrogen-bond donors (Lipinski definition) is 8. The molecular formula is C61H81ClN10O13. The van der Waals surface area contributed by atoms with E-state index in [1.165, 1.54) is 7.11 Å². The molecule has 5 aromatic rings. The molecule has 5 rings (SSSR count). The molecule has 1 aromatic heterocycles. The number of rotatable bonds is 33. The van der Waals surface area contributed by atoms with E-state index >= 15 is 0 Å². The number of hydrogen-bond acceptors (Lipinski definition) is 14. The normalized spacial score (nSPS) is 13.0. The van der Waals surface area contributed by atoms with Gasteiger partial charge in [0.1, 0.15) is 31.1 Å². The van der Waals surface area contributed by atoms with Crippen LogP contribution in [-0.4, -0.2) is 132 Å². The summed E-state index contributed by atoms with van der Waals surface area (Å²) in [6, 6.07) is 24.8. The number of unbranched alkanes of at least 4 members (excludes halogenated alkanes) is 1. The lowest BCUT2D eigenvalue weighted by molar-refractivity contribution is -0.181. The van der Waals surface area contributed by atoms with E-state index < -0.39 is 72.4 Å². The summed E-state index contributed by atoms with van der Waals surface area (Å²) in [5.74, 6) is -2.23. The molecule has 23 nitrogen and oxygen atoms in total. The lowest BCUT2D eigenvalue weighted by Crippen LogP contribution is -2.54. The lowest BCUT2D eigenvalue weighted by Gasteiger charge is -2.35. The molecule has 1 heterocycles. The number of carbonyl (C=O) groups is 7. The van der Waals surface area contributed by atoms with E-state index in [-0.39, 0.29) is 89.2 Å². The largest absolute Gasteiger partial charge is 0.445 e. The number of ether oxygens (including phenoxy) is 4. The Labute approximate surface area is 500 Å². The summed E-state index contributed by atoms with van der Waals surface area (Å²) in [6.45, 7) is 11.3. The number of nitrogens with two attached hydrogens (primary N) is 1. The van der Waals surface area contributed by atoms with Crippen LogP contribution in [0.25, 0.3) is 10.9 Å². The third-order valence-corrected chi connectivity index (χ3v) is 13.9. The Balaban J connectivity index is 1.16. The van der Waals surface area contributed by atoms with Gasteiger partial charge in [0.25, 0.3) is 11.5 Å². The Morgan fingerprint density at radius 3 is 2.11 bits per heavy atom. The second-order valence-corrected chi connectivity index (χ2v) is 21.5. The van der Waals surface area contributed by atoms with Crippen LogP contribution in [0.4, 0.5) is 20.1 Å². The monoisotopic (exact) mass is 1200 g/mol. The predicted molar refractivity (Wildman–Crippen MR) is 321 cm³/mol. The first-order valence-electron chi connectivity index (χ1n) is 28.5. The van der Waals surface area contributed by atoms with Gasteiger partial charge >= 0.3 is 18.2 Å². The highest BCUT2D eigenvalue weighted by Gasteiger charge is 2.34. The summed E-state index contributed by atoms with van der Waals surface area (Å²) < 4.78 is 22.9. The number of amides is 8. The molecule has 0 fully saturated rings. The maximum atomic E-state index is 14.6. The van der Waals surface area contributed by atoms with E-state index in [2.05, 4.69) is 31.9 Å². The molecule has 4 aromatic carbocycles. The fourth-order valence-corrected chi connectivity index (χ4v) is 9.21. The Bertz CT molecular complexity index is 3050. The minimum atomic E-state index is -1.12. The fraction of sp³-hybridized carbons (Fsp3) is 0.459. The van der Waals surface area contributed by atoms with Crippen LogP contribution in [0.5, 0.6) is 0 Å². The van der Waals surface area contributed by atoms with Gasteiger partial charge in [-0.25, -0.2) is 19.4 Å². The zero-order valence-electron chi connectivity index (χ0n) is 49.3. The van der Waals surface area contributed by atoms with Crippen LogP contribution in [0.1, 0.15) is 112 Å². The van der Waals surface area contributed by atoms with Gasteiger partial charge in [-0.1, -0.05) is 106 Å². The number of aromatic nitrogens is 2. The lowest BCUT2D eigenvalue weighted by atomic mass is 9.98. The Morgan fingerprint density at radius 1 is 0.776 bits per heavy atom. The maximum absolute atomic E-state index is 14.6. The van der Waals surface area contributed by atoms with Crippen LogP contribution in [-0.2, 0) is 46.5 Å². The second-order valence-electron chi connectivity index (χ2n) is 21.0. The first-order chi connectivity index (χ1) is 40.7. The number of aliphatic hydroxyl groups is 1. The van der Waals surface area contributed by atoms with Gasteiger partial charge in [0, 0.05) is 56.0 Å². The number of nitrogens with zero attached hydrogens (tertiary/aromatic N) is 3. The van der Waals surface area contributed by atoms with Crippen molar-refractivity contribution in [3.63, 3.8) is 0 Å². The van der Waals surface area contributed by atoms with Gasteiger partial charge in [-0.2, -0.15) is 0 Å². The third kappa shape index (κ3) is 21.8. The number of nitrogens with one attached hydrogen (secondary N) is 6. The highest BCUT2D eigenvalue weighted by molar-refractivity contribution is 6.31. The summed E-state index contributed by atoms with van der Waals surface area (Å²) in [7, 11) is 1.36. The van der Waals surface area contributed by atoms with Crippen molar-refractivity contribution in [1.29, 1.82) is 0 Å². The summed E-state index contributed by atoms with van der Waals surface area (Å²) in [6.07, 6.45) is -1.35. The summed E-state index contributed by atoms with van der Waals surface area (Å²) in [4.78, 5) is 113. The van der Waals surface area contributed by atoms with Crippen molar-refractivity contribution >= 4 is 70.0 Å². The number of benzene rings is 4. The molecule has 5 atom stereocenters. The molecule has 0 bridgehead atoms. The number of urea groups is 1. The summed E-state index contributed by atoms with van der Waals surface area (Å²) in [5.41, 5.74) is 8.72. The van der Waals surface area contributed by atoms with Crippen molar-refractivity contribution in [1.82, 2.24) is 41.0 Å². The molecule has 460 valence electrons. The number of methoxy groups -OCH3 is 1. The van der Waals surface area contributed by atoms with Crippen LogP contribution in [0.15, 0.2) is 102 Å². The van der Waals surface area contributed by atoms with Crippen molar-refractivity contribution in [2.45, 2.75) is 124 Å². The van der Waals surface area contributed by atoms with Crippen molar-refractivity contribution in [3.8, 4) is 0 Å².